The van der Waals surface area contributed by atoms with Crippen LogP contribution in [0.5, 0.6) is 0 Å². The lowest BCUT2D eigenvalue weighted by molar-refractivity contribution is 0.0737. The highest BCUT2D eigenvalue weighted by Gasteiger charge is 2.35. The molecule has 1 amide bonds. The van der Waals surface area contributed by atoms with Gasteiger partial charge in [-0.1, -0.05) is 84.0 Å². The Morgan fingerprint density at radius 1 is 1.18 bits per heavy atom. The van der Waals surface area contributed by atoms with Gasteiger partial charge in [0.15, 0.2) is 0 Å². The van der Waals surface area contributed by atoms with Crippen LogP contribution in [0.1, 0.15) is 70.8 Å². The maximum Gasteiger partial charge on any atom is 0.254 e. The minimum Gasteiger partial charge on any atom is -0.379 e. The number of fused-ring (bicyclic) bond motifs is 1. The van der Waals surface area contributed by atoms with E-state index >= 15 is 0 Å². The average molecular weight is 515 g/mol. The van der Waals surface area contributed by atoms with Gasteiger partial charge in [-0.15, -0.1) is 0 Å². The van der Waals surface area contributed by atoms with E-state index in [9.17, 15) is 9.18 Å². The van der Waals surface area contributed by atoms with Gasteiger partial charge in [-0.2, -0.15) is 0 Å². The molecule has 4 nitrogen and oxygen atoms in total. The average Bonchev–Trinajstić information content (AvgIpc) is 3.20. The SMILES string of the molecule is C=C(F)/C=C(/Cl)C(=C)Cl.CC.CC.CN1CC(C)(C)c2ccc(NC3(C)CCNC3)cc2C1=O. The van der Waals surface area contributed by atoms with Gasteiger partial charge in [-0.05, 0) is 43.7 Å². The van der Waals surface area contributed by atoms with Crippen molar-refractivity contribution in [1.82, 2.24) is 10.2 Å². The van der Waals surface area contributed by atoms with E-state index in [1.165, 1.54) is 0 Å². The molecule has 1 aromatic rings. The topological polar surface area (TPSA) is 44.4 Å². The molecule has 7 heteroatoms. The zero-order valence-electron chi connectivity index (χ0n) is 22.0. The number of halogens is 3. The van der Waals surface area contributed by atoms with Crippen molar-refractivity contribution in [3.8, 4) is 0 Å². The highest BCUT2D eigenvalue weighted by Crippen LogP contribution is 2.35. The first kappa shape index (κ1) is 32.2. The van der Waals surface area contributed by atoms with Gasteiger partial charge in [0.1, 0.15) is 5.83 Å². The van der Waals surface area contributed by atoms with Crippen LogP contribution in [0.4, 0.5) is 10.1 Å². The second-order valence-electron chi connectivity index (χ2n) is 8.76. The van der Waals surface area contributed by atoms with Crippen LogP contribution in [0, 0.1) is 0 Å². The van der Waals surface area contributed by atoms with Crippen molar-refractivity contribution in [1.29, 1.82) is 0 Å². The molecule has 2 heterocycles. The Morgan fingerprint density at radius 2 is 1.76 bits per heavy atom. The number of benzene rings is 1. The zero-order valence-corrected chi connectivity index (χ0v) is 23.6. The first-order chi connectivity index (χ1) is 15.8. The summed E-state index contributed by atoms with van der Waals surface area (Å²) in [6, 6.07) is 6.26. The fourth-order valence-corrected chi connectivity index (χ4v) is 4.01. The molecule has 192 valence electrons. The molecule has 1 atom stereocenters. The van der Waals surface area contributed by atoms with Crippen molar-refractivity contribution in [3.05, 3.63) is 64.5 Å². The van der Waals surface area contributed by atoms with Crippen LogP contribution in [-0.4, -0.2) is 43.0 Å². The van der Waals surface area contributed by atoms with Gasteiger partial charge in [0.2, 0.25) is 0 Å². The Balaban J connectivity index is 0.000000710. The predicted octanol–water partition coefficient (Wildman–Crippen LogP) is 7.61. The number of hydrogen-bond acceptors (Lipinski definition) is 3. The Labute approximate surface area is 216 Å². The summed E-state index contributed by atoms with van der Waals surface area (Å²) >= 11 is 10.6. The van der Waals surface area contributed by atoms with Gasteiger partial charge in [0.05, 0.1) is 10.1 Å². The number of hydrogen-bond donors (Lipinski definition) is 2. The lowest BCUT2D eigenvalue weighted by Crippen LogP contribution is -2.44. The summed E-state index contributed by atoms with van der Waals surface area (Å²) in [4.78, 5) is 14.3. The molecule has 0 saturated carbocycles. The minimum absolute atomic E-state index is 0.00927. The number of allylic oxidation sites excluding steroid dienone is 4. The number of nitrogens with zero attached hydrogens (tertiary/aromatic N) is 1. The zero-order chi connectivity index (χ0) is 26.7. The number of carbonyl (C=O) groups is 1. The summed E-state index contributed by atoms with van der Waals surface area (Å²) in [5.74, 6) is -0.510. The second kappa shape index (κ2) is 14.6. The molecule has 0 aliphatic carbocycles. The molecule has 0 aromatic heterocycles. The molecule has 0 spiro atoms. The number of carbonyl (C=O) groups excluding carboxylic acids is 1. The maximum atomic E-state index is 12.5. The van der Waals surface area contributed by atoms with Gasteiger partial charge in [-0.3, -0.25) is 4.79 Å². The third-order valence-corrected chi connectivity index (χ3v) is 5.95. The molecular weight excluding hydrogens is 472 g/mol. The van der Waals surface area contributed by atoms with E-state index in [2.05, 4.69) is 56.7 Å². The largest absolute Gasteiger partial charge is 0.379 e. The van der Waals surface area contributed by atoms with Crippen LogP contribution in [-0.2, 0) is 5.41 Å². The molecule has 0 radical (unpaired) electrons. The van der Waals surface area contributed by atoms with Crippen molar-refractivity contribution < 1.29 is 9.18 Å². The van der Waals surface area contributed by atoms with Crippen LogP contribution < -0.4 is 10.6 Å². The van der Waals surface area contributed by atoms with Gasteiger partial charge in [-0.25, -0.2) is 4.39 Å². The molecule has 2 aliphatic rings. The maximum absolute atomic E-state index is 12.5. The third kappa shape index (κ3) is 9.44. The number of rotatable bonds is 4. The first-order valence-electron chi connectivity index (χ1n) is 11.8. The van der Waals surface area contributed by atoms with Crippen molar-refractivity contribution in [3.63, 3.8) is 0 Å². The third-order valence-electron chi connectivity index (χ3n) is 5.32. The molecule has 1 unspecified atom stereocenters. The highest BCUT2D eigenvalue weighted by atomic mass is 35.5. The second-order valence-corrected chi connectivity index (χ2v) is 9.63. The summed E-state index contributed by atoms with van der Waals surface area (Å²) in [7, 11) is 1.88. The minimum atomic E-state index is -0.637. The van der Waals surface area contributed by atoms with E-state index in [-0.39, 0.29) is 26.9 Å². The van der Waals surface area contributed by atoms with Crippen molar-refractivity contribution in [2.24, 2.45) is 0 Å². The molecule has 2 N–H and O–H groups in total. The summed E-state index contributed by atoms with van der Waals surface area (Å²) in [5, 5.41) is 7.16. The molecule has 1 saturated heterocycles. The van der Waals surface area contributed by atoms with Crippen LogP contribution in [0.25, 0.3) is 0 Å². The van der Waals surface area contributed by atoms with Crippen LogP contribution >= 0.6 is 23.2 Å². The van der Waals surface area contributed by atoms with Crippen LogP contribution in [0.15, 0.2) is 53.3 Å². The van der Waals surface area contributed by atoms with Crippen LogP contribution in [0.2, 0.25) is 0 Å². The predicted molar refractivity (Wildman–Crippen MR) is 148 cm³/mol. The molecule has 1 aromatic carbocycles. The highest BCUT2D eigenvalue weighted by molar-refractivity contribution is 6.43. The number of likely N-dealkylation sites (N-methyl/N-ethyl adjacent to an activating group) is 1. The van der Waals surface area contributed by atoms with E-state index in [0.717, 1.165) is 48.9 Å². The molecule has 1 fully saturated rings. The number of anilines is 1. The Bertz CT molecular complexity index is 875. The van der Waals surface area contributed by atoms with Crippen molar-refractivity contribution >= 4 is 34.8 Å². The number of amides is 1. The van der Waals surface area contributed by atoms with Gasteiger partial charge >= 0.3 is 0 Å². The standard InChI is InChI=1S/C17H25N3O.C6H5Cl2F.2C2H6/c1-16(2)11-20(4)15(21)13-9-12(5-6-14(13)16)19-17(3)7-8-18-10-17;1-4(9)3-6(8)5(2)7;2*1-2/h5-6,9,18-19H,7-8,10-11H2,1-4H3;3H,1-2H2;2*1-2H3/b;6-3+;;. The Morgan fingerprint density at radius 3 is 2.21 bits per heavy atom. The van der Waals surface area contributed by atoms with E-state index in [1.807, 2.05) is 45.7 Å². The molecule has 3 rings (SSSR count). The van der Waals surface area contributed by atoms with Gasteiger partial charge in [0.25, 0.3) is 5.91 Å². The summed E-state index contributed by atoms with van der Waals surface area (Å²) in [5.41, 5.74) is 3.13. The summed E-state index contributed by atoms with van der Waals surface area (Å²) in [6.07, 6.45) is 2.10. The molecule has 0 bridgehead atoms. The van der Waals surface area contributed by atoms with Gasteiger partial charge < -0.3 is 15.5 Å². The number of nitrogens with one attached hydrogen (secondary N) is 2. The molecular formula is C27H42Cl2FN3O. The smallest absolute Gasteiger partial charge is 0.254 e. The van der Waals surface area contributed by atoms with Crippen molar-refractivity contribution in [2.75, 3.05) is 32.0 Å². The summed E-state index contributed by atoms with van der Waals surface area (Å²) in [6.45, 7) is 23.6. The Hall–Kier alpha value is -1.82. The lowest BCUT2D eigenvalue weighted by Gasteiger charge is -2.38. The summed E-state index contributed by atoms with van der Waals surface area (Å²) < 4.78 is 11.9. The van der Waals surface area contributed by atoms with E-state index in [1.54, 1.807) is 0 Å². The monoisotopic (exact) mass is 513 g/mol. The van der Waals surface area contributed by atoms with E-state index in [0.29, 0.717) is 0 Å². The molecule has 2 aliphatic heterocycles. The van der Waals surface area contributed by atoms with E-state index < -0.39 is 5.83 Å². The van der Waals surface area contributed by atoms with Crippen molar-refractivity contribution in [2.45, 2.75) is 65.8 Å². The quantitative estimate of drug-likeness (QED) is 0.407. The fraction of sp³-hybridized carbons (Fsp3) is 0.519. The fourth-order valence-electron chi connectivity index (χ4n) is 3.83. The Kier molecular flexibility index (Phi) is 13.8. The van der Waals surface area contributed by atoms with Gasteiger partial charge in [0, 0.05) is 42.3 Å². The lowest BCUT2D eigenvalue weighted by atomic mass is 9.78. The van der Waals surface area contributed by atoms with Crippen LogP contribution in [0.3, 0.4) is 0 Å². The normalized spacial score (nSPS) is 20.4. The van der Waals surface area contributed by atoms with E-state index in [4.69, 9.17) is 23.2 Å². The molecule has 34 heavy (non-hydrogen) atoms. The first-order valence-corrected chi connectivity index (χ1v) is 12.6.